The molecule has 46 heavy (non-hydrogen) atoms. The van der Waals surface area contributed by atoms with Crippen molar-refractivity contribution < 1.29 is 10.2 Å². The van der Waals surface area contributed by atoms with Crippen LogP contribution in [-0.2, 0) is 0 Å². The maximum absolute atomic E-state index is 10.7. The first-order valence-electron chi connectivity index (χ1n) is 16.7. The molecule has 12 heteroatoms. The van der Waals surface area contributed by atoms with Crippen molar-refractivity contribution >= 4 is 33.9 Å². The number of likely N-dealkylation sites (N-methyl/N-ethyl adjacent to an activating group) is 1. The average Bonchev–Trinajstić information content (AvgIpc) is 3.56. The zero-order chi connectivity index (χ0) is 31.6. The highest BCUT2D eigenvalue weighted by Gasteiger charge is 2.28. The number of hydrogen-bond donors (Lipinski definition) is 6. The molecule has 3 fully saturated rings. The third kappa shape index (κ3) is 6.67. The van der Waals surface area contributed by atoms with E-state index in [-0.39, 0.29) is 17.8 Å². The Morgan fingerprint density at radius 3 is 2.33 bits per heavy atom. The van der Waals surface area contributed by atoms with Crippen LogP contribution in [0.1, 0.15) is 50.4 Å². The molecule has 5 heterocycles. The number of piperazine rings is 1. The minimum Gasteiger partial charge on any atom is -0.393 e. The number of nitrogens with zero attached hydrogens (tertiary/aromatic N) is 6. The van der Waals surface area contributed by atoms with E-state index in [1.54, 1.807) is 6.20 Å². The Morgan fingerprint density at radius 1 is 0.870 bits per heavy atom. The second-order valence-corrected chi connectivity index (χ2v) is 13.1. The third-order valence-electron chi connectivity index (χ3n) is 9.96. The van der Waals surface area contributed by atoms with E-state index < -0.39 is 6.23 Å². The summed E-state index contributed by atoms with van der Waals surface area (Å²) >= 11 is 0. The summed E-state index contributed by atoms with van der Waals surface area (Å²) in [6, 6.07) is 13.0. The molecule has 1 aromatic carbocycles. The number of anilines is 4. The van der Waals surface area contributed by atoms with Crippen LogP contribution in [0.15, 0.2) is 48.8 Å². The van der Waals surface area contributed by atoms with E-state index in [1.807, 2.05) is 30.5 Å². The van der Waals surface area contributed by atoms with Crippen LogP contribution in [0.4, 0.5) is 23.0 Å². The normalized spacial score (nSPS) is 22.7. The Balaban J connectivity index is 1.12. The highest BCUT2D eigenvalue weighted by Crippen LogP contribution is 2.35. The summed E-state index contributed by atoms with van der Waals surface area (Å²) in [7, 11) is 2.21. The number of pyridine rings is 1. The average molecular weight is 627 g/mol. The van der Waals surface area contributed by atoms with Gasteiger partial charge < -0.3 is 41.4 Å². The number of aliphatic hydroxyl groups is 2. The van der Waals surface area contributed by atoms with Crippen LogP contribution < -0.4 is 21.3 Å². The van der Waals surface area contributed by atoms with Gasteiger partial charge in [0.2, 0.25) is 0 Å². The molecule has 244 valence electrons. The van der Waals surface area contributed by atoms with Gasteiger partial charge in [0.15, 0.2) is 11.6 Å². The number of rotatable bonds is 8. The predicted molar refractivity (Wildman–Crippen MR) is 182 cm³/mol. The number of aliphatic hydroxyl groups excluding tert-OH is 2. The summed E-state index contributed by atoms with van der Waals surface area (Å²) in [5, 5.41) is 28.6. The lowest BCUT2D eigenvalue weighted by molar-refractivity contribution is 0.0982. The molecule has 7 N–H and O–H groups in total. The molecule has 4 aromatic rings. The molecule has 0 radical (unpaired) electrons. The van der Waals surface area contributed by atoms with Crippen molar-refractivity contribution in [3.05, 3.63) is 54.5 Å². The summed E-state index contributed by atoms with van der Waals surface area (Å²) in [6.07, 6.45) is 7.47. The van der Waals surface area contributed by atoms with Gasteiger partial charge in [-0.2, -0.15) is 0 Å². The predicted octanol–water partition coefficient (Wildman–Crippen LogP) is 3.64. The Labute approximate surface area is 270 Å². The van der Waals surface area contributed by atoms with Crippen molar-refractivity contribution in [1.29, 1.82) is 0 Å². The molecule has 2 saturated heterocycles. The molecule has 1 atom stereocenters. The van der Waals surface area contributed by atoms with Crippen LogP contribution in [0.5, 0.6) is 0 Å². The number of nitrogens with two attached hydrogens (primary N) is 1. The molecular weight excluding hydrogens is 580 g/mol. The third-order valence-corrected chi connectivity index (χ3v) is 9.96. The number of hydrogen-bond acceptors (Lipinski definition) is 11. The Hall–Kier alpha value is -3.81. The van der Waals surface area contributed by atoms with Crippen molar-refractivity contribution in [1.82, 2.24) is 29.7 Å². The lowest BCUT2D eigenvalue weighted by Gasteiger charge is -2.42. The summed E-state index contributed by atoms with van der Waals surface area (Å²) in [6.45, 7) is 6.76. The second-order valence-electron chi connectivity index (χ2n) is 13.1. The van der Waals surface area contributed by atoms with E-state index in [2.05, 4.69) is 54.5 Å². The molecular formula is C34H46N10O2. The molecule has 7 rings (SSSR count). The van der Waals surface area contributed by atoms with Gasteiger partial charge in [0.1, 0.15) is 23.3 Å². The van der Waals surface area contributed by atoms with Gasteiger partial charge in [-0.3, -0.25) is 9.88 Å². The van der Waals surface area contributed by atoms with Gasteiger partial charge in [0.05, 0.1) is 6.10 Å². The van der Waals surface area contributed by atoms with Crippen molar-refractivity contribution in [2.75, 3.05) is 61.8 Å². The maximum atomic E-state index is 10.7. The molecule has 12 nitrogen and oxygen atoms in total. The van der Waals surface area contributed by atoms with Crippen LogP contribution in [0, 0.1) is 0 Å². The van der Waals surface area contributed by atoms with Gasteiger partial charge >= 0.3 is 0 Å². The Morgan fingerprint density at radius 2 is 1.61 bits per heavy atom. The molecule has 3 aromatic heterocycles. The number of fused-ring (bicyclic) bond motifs is 1. The van der Waals surface area contributed by atoms with Crippen molar-refractivity contribution in [3.8, 4) is 11.4 Å². The standard InChI is InChI=1S/C34H46N10O2/c1-42-18-20-44(21-19-42)25-12-16-43(17-13-25)24-6-2-22(3-7-24)39-34-31(32(35)46)40-30(29-27-10-14-36-28(27)11-15-37-29)33(41-34)38-23-4-8-26(45)9-5-23/h2-3,6-7,10-11,14-15,23,25-26,32,36,45-46H,4-5,8-9,12-13,16-21,35H2,1H3,(H2,38,39,41)/t23-,26-,32?. The van der Waals surface area contributed by atoms with Gasteiger partial charge in [-0.15, -0.1) is 0 Å². The SMILES string of the molecule is CN1CCN(C2CCN(c3ccc(Nc4nc(N[C@H]5CC[C@H](O)CC5)c(-c5nccc6[nH]ccc56)nc4C(N)O)cc3)CC2)CC1. The lowest BCUT2D eigenvalue weighted by atomic mass is 9.93. The van der Waals surface area contributed by atoms with Gasteiger partial charge in [0.25, 0.3) is 0 Å². The van der Waals surface area contributed by atoms with E-state index in [0.29, 0.717) is 29.1 Å². The van der Waals surface area contributed by atoms with Crippen LogP contribution in [0.25, 0.3) is 22.3 Å². The van der Waals surface area contributed by atoms with E-state index in [9.17, 15) is 10.2 Å². The monoisotopic (exact) mass is 626 g/mol. The number of H-pyrrole nitrogens is 1. The minimum atomic E-state index is -1.35. The van der Waals surface area contributed by atoms with Crippen LogP contribution in [-0.4, -0.2) is 104 Å². The van der Waals surface area contributed by atoms with E-state index >= 15 is 0 Å². The van der Waals surface area contributed by atoms with Crippen molar-refractivity contribution in [2.24, 2.45) is 5.73 Å². The number of piperidine rings is 1. The van der Waals surface area contributed by atoms with Crippen LogP contribution >= 0.6 is 0 Å². The topological polar surface area (TPSA) is 155 Å². The number of benzene rings is 1. The number of nitrogens with one attached hydrogen (secondary N) is 3. The van der Waals surface area contributed by atoms with Gasteiger partial charge in [0, 0.05) is 86.0 Å². The lowest BCUT2D eigenvalue weighted by Crippen LogP contribution is -2.52. The smallest absolute Gasteiger partial charge is 0.158 e. The molecule has 1 saturated carbocycles. The van der Waals surface area contributed by atoms with Crippen molar-refractivity contribution in [2.45, 2.75) is 62.9 Å². The fourth-order valence-electron chi connectivity index (χ4n) is 7.17. The van der Waals surface area contributed by atoms with E-state index in [0.717, 1.165) is 68.5 Å². The first kappa shape index (κ1) is 30.8. The first-order valence-corrected chi connectivity index (χ1v) is 16.7. The Kier molecular flexibility index (Phi) is 9.05. The zero-order valence-electron chi connectivity index (χ0n) is 26.6. The second kappa shape index (κ2) is 13.5. The van der Waals surface area contributed by atoms with Crippen LogP contribution in [0.3, 0.4) is 0 Å². The van der Waals surface area contributed by atoms with E-state index in [4.69, 9.17) is 15.7 Å². The highest BCUT2D eigenvalue weighted by atomic mass is 16.3. The fraction of sp³-hybridized carbons (Fsp3) is 0.500. The summed E-state index contributed by atoms with van der Waals surface area (Å²) in [5.74, 6) is 0.952. The molecule has 1 unspecified atom stereocenters. The Bertz CT molecular complexity index is 1600. The summed E-state index contributed by atoms with van der Waals surface area (Å²) < 4.78 is 0. The molecule has 0 amide bonds. The van der Waals surface area contributed by atoms with Gasteiger partial charge in [-0.05, 0) is 82.0 Å². The van der Waals surface area contributed by atoms with Crippen LogP contribution in [0.2, 0.25) is 0 Å². The molecule has 1 aliphatic carbocycles. The highest BCUT2D eigenvalue weighted by molar-refractivity contribution is 5.94. The minimum absolute atomic E-state index is 0.128. The first-order chi connectivity index (χ1) is 22.4. The fourth-order valence-corrected chi connectivity index (χ4v) is 7.17. The maximum Gasteiger partial charge on any atom is 0.158 e. The number of aromatic nitrogens is 4. The number of aromatic amines is 1. The van der Waals surface area contributed by atoms with E-state index in [1.165, 1.54) is 31.6 Å². The zero-order valence-corrected chi connectivity index (χ0v) is 26.6. The largest absolute Gasteiger partial charge is 0.393 e. The quantitative estimate of drug-likeness (QED) is 0.159. The van der Waals surface area contributed by atoms with Crippen molar-refractivity contribution in [3.63, 3.8) is 0 Å². The molecule has 0 spiro atoms. The summed E-state index contributed by atoms with van der Waals surface area (Å²) in [5.41, 5.74) is 10.5. The molecule has 3 aliphatic rings. The summed E-state index contributed by atoms with van der Waals surface area (Å²) in [4.78, 5) is 25.3. The molecule has 0 bridgehead atoms. The molecule has 2 aliphatic heterocycles. The van der Waals surface area contributed by atoms with Gasteiger partial charge in [-0.25, -0.2) is 9.97 Å². The van der Waals surface area contributed by atoms with Gasteiger partial charge in [-0.1, -0.05) is 0 Å².